The molecule has 0 spiro atoms. The van der Waals surface area contributed by atoms with E-state index >= 15 is 0 Å². The van der Waals surface area contributed by atoms with Gasteiger partial charge in [-0.15, -0.1) is 0 Å². The average molecular weight is 293 g/mol. The van der Waals surface area contributed by atoms with Crippen molar-refractivity contribution in [2.75, 3.05) is 0 Å². The van der Waals surface area contributed by atoms with E-state index in [1.165, 1.54) is 0 Å². The minimum Gasteiger partial charge on any atom is -0.508 e. The Labute approximate surface area is 127 Å². The molecule has 1 aromatic heterocycles. The van der Waals surface area contributed by atoms with Gasteiger partial charge in [-0.2, -0.15) is 0 Å². The van der Waals surface area contributed by atoms with Gasteiger partial charge in [-0.25, -0.2) is 4.79 Å². The Balaban J connectivity index is 2.02. The van der Waals surface area contributed by atoms with Crippen LogP contribution in [0.15, 0.2) is 30.3 Å². The Kier molecular flexibility index (Phi) is 2.43. The van der Waals surface area contributed by atoms with Gasteiger partial charge in [0.25, 0.3) is 0 Å². The number of aromatic carboxylic acids is 1. The molecule has 2 aromatic carbocycles. The summed E-state index contributed by atoms with van der Waals surface area (Å²) in [5, 5.41) is 20.0. The summed E-state index contributed by atoms with van der Waals surface area (Å²) in [7, 11) is 0. The number of aromatic nitrogens is 1. The molecule has 0 unspecified atom stereocenters. The van der Waals surface area contributed by atoms with Crippen molar-refractivity contribution in [1.29, 1.82) is 0 Å². The molecule has 0 radical (unpaired) electrons. The zero-order valence-corrected chi connectivity index (χ0v) is 12.3. The van der Waals surface area contributed by atoms with Gasteiger partial charge in [0.1, 0.15) is 5.75 Å². The highest BCUT2D eigenvalue weighted by Gasteiger charge is 2.26. The summed E-state index contributed by atoms with van der Waals surface area (Å²) < 4.78 is 2.18. The van der Waals surface area contributed by atoms with Crippen molar-refractivity contribution in [1.82, 2.24) is 4.57 Å². The molecule has 0 saturated carbocycles. The van der Waals surface area contributed by atoms with Crippen molar-refractivity contribution >= 4 is 16.9 Å². The molecule has 1 aliphatic rings. The van der Waals surface area contributed by atoms with E-state index in [1.807, 2.05) is 26.0 Å². The number of aryl methyl sites for hydroxylation is 1. The molecule has 0 fully saturated rings. The molecule has 4 nitrogen and oxygen atoms in total. The van der Waals surface area contributed by atoms with Crippen molar-refractivity contribution in [2.45, 2.75) is 20.4 Å². The van der Waals surface area contributed by atoms with Crippen LogP contribution in [0.2, 0.25) is 0 Å². The van der Waals surface area contributed by atoms with Crippen LogP contribution in [-0.2, 0) is 6.54 Å². The SMILES string of the molecule is Cc1cc2c(c(C)c1C(=O)O)Cn1c-2cc2cc(O)ccc21. The largest absolute Gasteiger partial charge is 0.508 e. The summed E-state index contributed by atoms with van der Waals surface area (Å²) in [4.78, 5) is 11.5. The topological polar surface area (TPSA) is 62.5 Å². The van der Waals surface area contributed by atoms with Crippen molar-refractivity contribution in [2.24, 2.45) is 0 Å². The molecule has 0 saturated heterocycles. The molecule has 2 heterocycles. The number of rotatable bonds is 1. The Hall–Kier alpha value is -2.75. The molecular weight excluding hydrogens is 278 g/mol. The third-order valence-corrected chi connectivity index (χ3v) is 4.60. The summed E-state index contributed by atoms with van der Waals surface area (Å²) in [6, 6.07) is 9.36. The zero-order chi connectivity index (χ0) is 15.6. The van der Waals surface area contributed by atoms with Crippen LogP contribution in [0.25, 0.3) is 22.2 Å². The highest BCUT2D eigenvalue weighted by atomic mass is 16.4. The predicted octanol–water partition coefficient (Wildman–Crippen LogP) is 3.69. The summed E-state index contributed by atoms with van der Waals surface area (Å²) in [6.45, 7) is 4.40. The molecule has 0 amide bonds. The zero-order valence-electron chi connectivity index (χ0n) is 12.3. The van der Waals surface area contributed by atoms with Crippen LogP contribution >= 0.6 is 0 Å². The number of phenols is 1. The fourth-order valence-electron chi connectivity index (χ4n) is 3.60. The van der Waals surface area contributed by atoms with E-state index in [0.29, 0.717) is 12.1 Å². The minimum atomic E-state index is -0.871. The van der Waals surface area contributed by atoms with Gasteiger partial charge in [-0.1, -0.05) is 0 Å². The monoisotopic (exact) mass is 293 g/mol. The van der Waals surface area contributed by atoms with E-state index in [9.17, 15) is 15.0 Å². The van der Waals surface area contributed by atoms with E-state index in [0.717, 1.165) is 38.9 Å². The summed E-state index contributed by atoms with van der Waals surface area (Å²) in [6.07, 6.45) is 0. The van der Waals surface area contributed by atoms with Crippen LogP contribution in [0.4, 0.5) is 0 Å². The highest BCUT2D eigenvalue weighted by Crippen LogP contribution is 2.41. The number of benzene rings is 2. The first-order chi connectivity index (χ1) is 10.5. The highest BCUT2D eigenvalue weighted by molar-refractivity contribution is 5.95. The molecular formula is C18H15NO3. The molecule has 0 bridgehead atoms. The number of carboxylic acids is 1. The van der Waals surface area contributed by atoms with E-state index in [2.05, 4.69) is 10.6 Å². The van der Waals surface area contributed by atoms with Crippen molar-refractivity contribution in [3.05, 3.63) is 52.6 Å². The summed E-state index contributed by atoms with van der Waals surface area (Å²) in [5.41, 5.74) is 6.34. The third kappa shape index (κ3) is 1.55. The first-order valence-corrected chi connectivity index (χ1v) is 7.16. The van der Waals surface area contributed by atoms with Crippen LogP contribution in [0.3, 0.4) is 0 Å². The Bertz CT molecular complexity index is 966. The maximum absolute atomic E-state index is 11.5. The maximum Gasteiger partial charge on any atom is 0.336 e. The fourth-order valence-corrected chi connectivity index (χ4v) is 3.60. The van der Waals surface area contributed by atoms with Crippen molar-refractivity contribution < 1.29 is 15.0 Å². The smallest absolute Gasteiger partial charge is 0.336 e. The molecule has 110 valence electrons. The number of hydrogen-bond donors (Lipinski definition) is 2. The lowest BCUT2D eigenvalue weighted by atomic mass is 9.93. The maximum atomic E-state index is 11.5. The molecule has 1 aliphatic heterocycles. The van der Waals surface area contributed by atoms with Crippen molar-refractivity contribution in [3.63, 3.8) is 0 Å². The average Bonchev–Trinajstić information content (AvgIpc) is 2.94. The van der Waals surface area contributed by atoms with Gasteiger partial charge in [0.2, 0.25) is 0 Å². The molecule has 0 atom stereocenters. The molecule has 4 rings (SSSR count). The molecule has 3 aromatic rings. The number of hydrogen-bond acceptors (Lipinski definition) is 2. The Morgan fingerprint density at radius 1 is 1.18 bits per heavy atom. The number of nitrogens with zero attached hydrogens (tertiary/aromatic N) is 1. The third-order valence-electron chi connectivity index (χ3n) is 4.60. The first-order valence-electron chi connectivity index (χ1n) is 7.16. The molecule has 4 heteroatoms. The molecule has 0 aliphatic carbocycles. The number of carbonyl (C=O) groups is 1. The van der Waals surface area contributed by atoms with Gasteiger partial charge in [0.15, 0.2) is 0 Å². The molecule has 22 heavy (non-hydrogen) atoms. The lowest BCUT2D eigenvalue weighted by Gasteiger charge is -2.11. The van der Waals surface area contributed by atoms with Crippen LogP contribution in [0.1, 0.15) is 27.0 Å². The van der Waals surface area contributed by atoms with E-state index in [-0.39, 0.29) is 5.75 Å². The standard InChI is InChI=1S/C18H15NO3/c1-9-5-13-14(10(2)17(9)18(21)22)8-19-15-4-3-12(20)6-11(15)7-16(13)19/h3-7,20H,8H2,1-2H3,(H,21,22). The van der Waals surface area contributed by atoms with Crippen molar-refractivity contribution in [3.8, 4) is 17.0 Å². The quantitative estimate of drug-likeness (QED) is 0.562. The number of phenolic OH excluding ortho intramolecular Hbond substituents is 1. The van der Waals surface area contributed by atoms with Gasteiger partial charge in [0.05, 0.1) is 5.56 Å². The minimum absolute atomic E-state index is 0.255. The second kappa shape index (κ2) is 4.13. The van der Waals surface area contributed by atoms with Gasteiger partial charge < -0.3 is 14.8 Å². The number of fused-ring (bicyclic) bond motifs is 5. The number of aromatic hydroxyl groups is 1. The summed E-state index contributed by atoms with van der Waals surface area (Å²) >= 11 is 0. The van der Waals surface area contributed by atoms with Gasteiger partial charge in [-0.3, -0.25) is 0 Å². The summed E-state index contributed by atoms with van der Waals surface area (Å²) in [5.74, 6) is -0.616. The van der Waals surface area contributed by atoms with E-state index in [4.69, 9.17) is 0 Å². The molecule has 2 N–H and O–H groups in total. The lowest BCUT2D eigenvalue weighted by Crippen LogP contribution is -2.06. The Morgan fingerprint density at radius 3 is 2.68 bits per heavy atom. The van der Waals surface area contributed by atoms with Crippen LogP contribution in [0.5, 0.6) is 5.75 Å². The van der Waals surface area contributed by atoms with Gasteiger partial charge in [-0.05, 0) is 60.9 Å². The normalized spacial score (nSPS) is 12.5. The second-order valence-corrected chi connectivity index (χ2v) is 5.88. The second-order valence-electron chi connectivity index (χ2n) is 5.88. The Morgan fingerprint density at radius 2 is 1.95 bits per heavy atom. The van der Waals surface area contributed by atoms with E-state index in [1.54, 1.807) is 12.1 Å². The number of carboxylic acid groups (broad SMARTS) is 1. The lowest BCUT2D eigenvalue weighted by molar-refractivity contribution is 0.0695. The first kappa shape index (κ1) is 13.0. The predicted molar refractivity (Wildman–Crippen MR) is 84.6 cm³/mol. The van der Waals surface area contributed by atoms with Crippen LogP contribution in [-0.4, -0.2) is 20.7 Å². The fraction of sp³-hybridized carbons (Fsp3) is 0.167. The van der Waals surface area contributed by atoms with Gasteiger partial charge >= 0.3 is 5.97 Å². The van der Waals surface area contributed by atoms with Crippen LogP contribution in [0, 0.1) is 13.8 Å². The van der Waals surface area contributed by atoms with Gasteiger partial charge in [0, 0.05) is 28.7 Å². The van der Waals surface area contributed by atoms with E-state index < -0.39 is 5.97 Å². The van der Waals surface area contributed by atoms with Crippen LogP contribution < -0.4 is 0 Å².